The van der Waals surface area contributed by atoms with E-state index in [-0.39, 0.29) is 0 Å². The van der Waals surface area contributed by atoms with Crippen LogP contribution in [0, 0.1) is 5.92 Å². The van der Waals surface area contributed by atoms with Crippen LogP contribution in [0.3, 0.4) is 0 Å². The average Bonchev–Trinajstić information content (AvgIpc) is 2.50. The highest BCUT2D eigenvalue weighted by molar-refractivity contribution is 5.98. The molecule has 21 heavy (non-hydrogen) atoms. The molecule has 1 aromatic heterocycles. The van der Waals surface area contributed by atoms with Gasteiger partial charge in [0.25, 0.3) is 0 Å². The molecule has 1 fully saturated rings. The van der Waals surface area contributed by atoms with Gasteiger partial charge in [-0.25, -0.2) is 0 Å². The summed E-state index contributed by atoms with van der Waals surface area (Å²) in [5.74, 6) is 0.766. The van der Waals surface area contributed by atoms with Crippen molar-refractivity contribution in [2.75, 3.05) is 44.4 Å². The fourth-order valence-electron chi connectivity index (χ4n) is 3.22. The summed E-state index contributed by atoms with van der Waals surface area (Å²) in [5.41, 5.74) is 9.05. The number of benzene rings is 1. The zero-order valence-electron chi connectivity index (χ0n) is 12.9. The first-order valence-corrected chi connectivity index (χ1v) is 7.68. The summed E-state index contributed by atoms with van der Waals surface area (Å²) in [6.07, 6.45) is 4.40. The minimum absolute atomic E-state index is 0.766. The molecule has 3 rings (SSSR count). The fourth-order valence-corrected chi connectivity index (χ4v) is 3.22. The third-order valence-electron chi connectivity index (χ3n) is 4.56. The van der Waals surface area contributed by atoms with Gasteiger partial charge in [-0.15, -0.1) is 0 Å². The van der Waals surface area contributed by atoms with Gasteiger partial charge in [0.2, 0.25) is 0 Å². The highest BCUT2D eigenvalue weighted by Gasteiger charge is 2.19. The van der Waals surface area contributed by atoms with Crippen LogP contribution in [0.25, 0.3) is 10.9 Å². The number of likely N-dealkylation sites (tertiary alicyclic amines) is 1. The Morgan fingerprint density at radius 3 is 2.81 bits per heavy atom. The molecule has 0 radical (unpaired) electrons. The van der Waals surface area contributed by atoms with E-state index in [4.69, 9.17) is 5.73 Å². The summed E-state index contributed by atoms with van der Waals surface area (Å²) in [7, 11) is 4.37. The van der Waals surface area contributed by atoms with Gasteiger partial charge in [0.1, 0.15) is 0 Å². The van der Waals surface area contributed by atoms with E-state index >= 15 is 0 Å². The number of hydrogen-bond acceptors (Lipinski definition) is 4. The Morgan fingerprint density at radius 1 is 1.29 bits per heavy atom. The third-order valence-corrected chi connectivity index (χ3v) is 4.56. The van der Waals surface area contributed by atoms with Crippen molar-refractivity contribution in [1.82, 2.24) is 9.88 Å². The van der Waals surface area contributed by atoms with Crippen LogP contribution in [0.5, 0.6) is 0 Å². The Labute approximate surface area is 126 Å². The van der Waals surface area contributed by atoms with Crippen molar-refractivity contribution in [1.29, 1.82) is 0 Å². The molecule has 0 bridgehead atoms. The molecule has 4 heteroatoms. The van der Waals surface area contributed by atoms with Crippen molar-refractivity contribution >= 4 is 22.3 Å². The van der Waals surface area contributed by atoms with Gasteiger partial charge >= 0.3 is 0 Å². The Bertz CT molecular complexity index is 617. The minimum Gasteiger partial charge on any atom is -0.398 e. The first kappa shape index (κ1) is 14.1. The van der Waals surface area contributed by atoms with Crippen molar-refractivity contribution < 1.29 is 0 Å². The van der Waals surface area contributed by atoms with E-state index in [1.807, 2.05) is 24.4 Å². The summed E-state index contributed by atoms with van der Waals surface area (Å²) in [5, 5.41) is 1.05. The average molecular weight is 284 g/mol. The molecule has 1 aliphatic rings. The van der Waals surface area contributed by atoms with Crippen molar-refractivity contribution in [2.24, 2.45) is 5.92 Å². The van der Waals surface area contributed by atoms with Crippen LogP contribution < -0.4 is 10.6 Å². The van der Waals surface area contributed by atoms with Crippen LogP contribution in [0.4, 0.5) is 11.4 Å². The van der Waals surface area contributed by atoms with Crippen LogP contribution in [-0.2, 0) is 0 Å². The zero-order chi connectivity index (χ0) is 14.8. The first-order valence-electron chi connectivity index (χ1n) is 7.68. The predicted octanol–water partition coefficient (Wildman–Crippen LogP) is 2.60. The van der Waals surface area contributed by atoms with Gasteiger partial charge in [-0.2, -0.15) is 0 Å². The second-order valence-corrected chi connectivity index (χ2v) is 6.20. The monoisotopic (exact) mass is 284 g/mol. The molecule has 2 aromatic rings. The Morgan fingerprint density at radius 2 is 2.05 bits per heavy atom. The molecule has 0 aliphatic carbocycles. The highest BCUT2D eigenvalue weighted by Crippen LogP contribution is 2.29. The molecule has 4 nitrogen and oxygen atoms in total. The molecule has 0 atom stereocenters. The maximum absolute atomic E-state index is 6.06. The van der Waals surface area contributed by atoms with E-state index in [1.165, 1.54) is 31.6 Å². The van der Waals surface area contributed by atoms with E-state index in [0.29, 0.717) is 0 Å². The molecule has 1 saturated heterocycles. The van der Waals surface area contributed by atoms with Crippen molar-refractivity contribution in [3.63, 3.8) is 0 Å². The van der Waals surface area contributed by atoms with Crippen LogP contribution in [0.2, 0.25) is 0 Å². The van der Waals surface area contributed by atoms with E-state index in [9.17, 15) is 0 Å². The lowest BCUT2D eigenvalue weighted by molar-refractivity contribution is 0.222. The summed E-state index contributed by atoms with van der Waals surface area (Å²) in [4.78, 5) is 9.29. The number of piperidine rings is 1. The van der Waals surface area contributed by atoms with Crippen molar-refractivity contribution in [2.45, 2.75) is 12.8 Å². The standard InChI is InChI=1S/C17H24N4/c1-20-10-7-13(8-11-20)12-21(2)16-6-5-15(18)14-4-3-9-19-17(14)16/h3-6,9,13H,7-8,10-12,18H2,1-2H3. The number of nitrogen functional groups attached to an aromatic ring is 1. The lowest BCUT2D eigenvalue weighted by atomic mass is 9.96. The topological polar surface area (TPSA) is 45.4 Å². The molecular formula is C17H24N4. The second kappa shape index (κ2) is 5.90. The van der Waals surface area contributed by atoms with E-state index < -0.39 is 0 Å². The third kappa shape index (κ3) is 2.95. The van der Waals surface area contributed by atoms with E-state index in [0.717, 1.165) is 29.1 Å². The van der Waals surface area contributed by atoms with Gasteiger partial charge in [0, 0.05) is 30.9 Å². The van der Waals surface area contributed by atoms with Gasteiger partial charge < -0.3 is 15.5 Å². The summed E-state index contributed by atoms with van der Waals surface area (Å²) < 4.78 is 0. The Kier molecular flexibility index (Phi) is 3.97. The largest absolute Gasteiger partial charge is 0.398 e. The minimum atomic E-state index is 0.766. The molecule has 1 aromatic carbocycles. The first-order chi connectivity index (χ1) is 10.1. The fraction of sp³-hybridized carbons (Fsp3) is 0.471. The van der Waals surface area contributed by atoms with Gasteiger partial charge in [0.05, 0.1) is 11.2 Å². The quantitative estimate of drug-likeness (QED) is 0.880. The number of aromatic nitrogens is 1. The summed E-state index contributed by atoms with van der Waals surface area (Å²) in [6.45, 7) is 3.50. The lowest BCUT2D eigenvalue weighted by Crippen LogP contribution is -2.35. The van der Waals surface area contributed by atoms with Crippen LogP contribution in [0.1, 0.15) is 12.8 Å². The molecule has 0 spiro atoms. The molecule has 112 valence electrons. The number of nitrogens with zero attached hydrogens (tertiary/aromatic N) is 3. The number of fused-ring (bicyclic) bond motifs is 1. The second-order valence-electron chi connectivity index (χ2n) is 6.20. The molecular weight excluding hydrogens is 260 g/mol. The van der Waals surface area contributed by atoms with Crippen LogP contribution in [-0.4, -0.2) is 43.6 Å². The van der Waals surface area contributed by atoms with E-state index in [2.05, 4.69) is 34.9 Å². The van der Waals surface area contributed by atoms with Gasteiger partial charge in [-0.3, -0.25) is 4.98 Å². The molecule has 2 N–H and O–H groups in total. The van der Waals surface area contributed by atoms with Crippen molar-refractivity contribution in [3.05, 3.63) is 30.5 Å². The molecule has 0 saturated carbocycles. The molecule has 1 aliphatic heterocycles. The van der Waals surface area contributed by atoms with Crippen molar-refractivity contribution in [3.8, 4) is 0 Å². The molecule has 0 unspecified atom stereocenters. The SMILES string of the molecule is CN1CCC(CN(C)c2ccc(N)c3cccnc23)CC1. The van der Waals surface area contributed by atoms with Crippen LogP contribution in [0.15, 0.2) is 30.5 Å². The Balaban J connectivity index is 1.81. The summed E-state index contributed by atoms with van der Waals surface area (Å²) >= 11 is 0. The highest BCUT2D eigenvalue weighted by atomic mass is 15.1. The maximum atomic E-state index is 6.06. The molecule has 0 amide bonds. The number of hydrogen-bond donors (Lipinski definition) is 1. The predicted molar refractivity (Wildman–Crippen MR) is 89.6 cm³/mol. The smallest absolute Gasteiger partial charge is 0.0955 e. The Hall–Kier alpha value is -1.81. The van der Waals surface area contributed by atoms with Gasteiger partial charge in [0.15, 0.2) is 0 Å². The molecule has 2 heterocycles. The zero-order valence-corrected chi connectivity index (χ0v) is 12.9. The summed E-state index contributed by atoms with van der Waals surface area (Å²) in [6, 6.07) is 8.08. The van der Waals surface area contributed by atoms with Gasteiger partial charge in [-0.1, -0.05) is 0 Å². The maximum Gasteiger partial charge on any atom is 0.0955 e. The number of anilines is 2. The number of nitrogens with two attached hydrogens (primary N) is 1. The number of pyridine rings is 1. The van der Waals surface area contributed by atoms with Crippen LogP contribution >= 0.6 is 0 Å². The normalized spacial score (nSPS) is 17.2. The lowest BCUT2D eigenvalue weighted by Gasteiger charge is -2.32. The number of rotatable bonds is 3. The van der Waals surface area contributed by atoms with Gasteiger partial charge in [-0.05, 0) is 63.2 Å². The van der Waals surface area contributed by atoms with E-state index in [1.54, 1.807) is 0 Å².